The van der Waals surface area contributed by atoms with Crippen molar-refractivity contribution in [2.45, 2.75) is 32.7 Å². The summed E-state index contributed by atoms with van der Waals surface area (Å²) >= 11 is 0. The van der Waals surface area contributed by atoms with Crippen molar-refractivity contribution in [3.63, 3.8) is 0 Å². The molecule has 0 aromatic heterocycles. The van der Waals surface area contributed by atoms with Crippen LogP contribution in [0.15, 0.2) is 0 Å². The Morgan fingerprint density at radius 3 is 2.43 bits per heavy atom. The number of amides is 1. The highest BCUT2D eigenvalue weighted by Gasteiger charge is 2.25. The number of carbonyl (C=O) groups is 2. The van der Waals surface area contributed by atoms with E-state index in [-0.39, 0.29) is 5.92 Å². The highest BCUT2D eigenvalue weighted by Crippen LogP contribution is 2.10. The smallest absolute Gasteiger partial charge is 0.407 e. The van der Waals surface area contributed by atoms with Crippen molar-refractivity contribution in [2.75, 3.05) is 7.11 Å². The summed E-state index contributed by atoms with van der Waals surface area (Å²) in [5.41, 5.74) is 0. The Bertz CT molecular complexity index is 205. The van der Waals surface area contributed by atoms with Gasteiger partial charge in [0.2, 0.25) is 0 Å². The van der Waals surface area contributed by atoms with E-state index in [1.165, 1.54) is 7.11 Å². The molecule has 2 N–H and O–H groups in total. The number of methoxy groups -OCH3 is 1. The Balaban J connectivity index is 4.28. The first-order chi connectivity index (χ1) is 6.52. The highest BCUT2D eigenvalue weighted by molar-refractivity contribution is 5.80. The molecule has 82 valence electrons. The second-order valence-corrected chi connectivity index (χ2v) is 3.22. The third kappa shape index (κ3) is 4.11. The predicted octanol–water partition coefficient (Wildman–Crippen LogP) is 1.23. The Morgan fingerprint density at radius 1 is 1.50 bits per heavy atom. The van der Waals surface area contributed by atoms with Crippen LogP contribution >= 0.6 is 0 Å². The molecule has 0 saturated heterocycles. The van der Waals surface area contributed by atoms with E-state index < -0.39 is 18.1 Å². The molecule has 0 aromatic rings. The van der Waals surface area contributed by atoms with Crippen molar-refractivity contribution in [3.05, 3.63) is 0 Å². The standard InChI is InChI=1S/C9H17NO4/c1-4-5-6(2)7(8(11)12)10-9(13)14-3/h6-7H,4-5H2,1-3H3,(H,10,13)(H,11,12). The molecule has 1 amide bonds. The molecular formula is C9H17NO4. The molecule has 0 bridgehead atoms. The molecule has 14 heavy (non-hydrogen) atoms. The summed E-state index contributed by atoms with van der Waals surface area (Å²) in [7, 11) is 1.21. The Kier molecular flexibility index (Phi) is 5.67. The second-order valence-electron chi connectivity index (χ2n) is 3.22. The van der Waals surface area contributed by atoms with Gasteiger partial charge in [0.1, 0.15) is 6.04 Å². The van der Waals surface area contributed by atoms with Crippen LogP contribution in [0.25, 0.3) is 0 Å². The molecule has 0 heterocycles. The number of rotatable bonds is 5. The second kappa shape index (κ2) is 6.23. The first-order valence-electron chi connectivity index (χ1n) is 4.60. The summed E-state index contributed by atoms with van der Waals surface area (Å²) in [6.07, 6.45) is 0.926. The van der Waals surface area contributed by atoms with Gasteiger partial charge in [0.15, 0.2) is 0 Å². The number of hydrogen-bond acceptors (Lipinski definition) is 3. The lowest BCUT2D eigenvalue weighted by molar-refractivity contribution is -0.140. The average molecular weight is 203 g/mol. The molecule has 0 aliphatic heterocycles. The number of aliphatic carboxylic acids is 1. The van der Waals surface area contributed by atoms with Crippen LogP contribution in [0.3, 0.4) is 0 Å². The first kappa shape index (κ1) is 12.7. The number of hydrogen-bond donors (Lipinski definition) is 2. The molecule has 0 aromatic carbocycles. The van der Waals surface area contributed by atoms with E-state index in [4.69, 9.17) is 5.11 Å². The van der Waals surface area contributed by atoms with Gasteiger partial charge in [0.05, 0.1) is 7.11 Å². The zero-order valence-electron chi connectivity index (χ0n) is 8.74. The normalized spacial score (nSPS) is 14.2. The van der Waals surface area contributed by atoms with Gasteiger partial charge in [-0.3, -0.25) is 0 Å². The van der Waals surface area contributed by atoms with Crippen molar-refractivity contribution in [3.8, 4) is 0 Å². The van der Waals surface area contributed by atoms with Gasteiger partial charge >= 0.3 is 12.1 Å². The topological polar surface area (TPSA) is 75.6 Å². The largest absolute Gasteiger partial charge is 0.480 e. The molecule has 0 rings (SSSR count). The fraction of sp³-hybridized carbons (Fsp3) is 0.778. The Morgan fingerprint density at radius 2 is 2.07 bits per heavy atom. The maximum Gasteiger partial charge on any atom is 0.407 e. The van der Waals surface area contributed by atoms with Gasteiger partial charge in [0.25, 0.3) is 0 Å². The third-order valence-electron chi connectivity index (χ3n) is 2.04. The summed E-state index contributed by atoms with van der Waals surface area (Å²) in [5.74, 6) is -1.13. The van der Waals surface area contributed by atoms with Crippen LogP contribution in [0.4, 0.5) is 4.79 Å². The molecule has 0 aliphatic rings. The maximum absolute atomic E-state index is 10.8. The summed E-state index contributed by atoms with van der Waals surface area (Å²) in [5, 5.41) is 11.1. The lowest BCUT2D eigenvalue weighted by Crippen LogP contribution is -2.45. The molecule has 2 unspecified atom stereocenters. The predicted molar refractivity (Wildman–Crippen MR) is 51.0 cm³/mol. The van der Waals surface area contributed by atoms with Crippen molar-refractivity contribution in [1.82, 2.24) is 5.32 Å². The Hall–Kier alpha value is -1.26. The van der Waals surface area contributed by atoms with Crippen molar-refractivity contribution in [1.29, 1.82) is 0 Å². The minimum atomic E-state index is -1.03. The Labute approximate surface area is 83.4 Å². The molecular weight excluding hydrogens is 186 g/mol. The SMILES string of the molecule is CCCC(C)C(NC(=O)OC)C(=O)O. The van der Waals surface area contributed by atoms with Crippen molar-refractivity contribution in [2.24, 2.45) is 5.92 Å². The van der Waals surface area contributed by atoms with Crippen LogP contribution in [0.2, 0.25) is 0 Å². The fourth-order valence-electron chi connectivity index (χ4n) is 1.26. The van der Waals surface area contributed by atoms with Crippen LogP contribution in [0, 0.1) is 5.92 Å². The van der Waals surface area contributed by atoms with E-state index in [2.05, 4.69) is 10.1 Å². The van der Waals surface area contributed by atoms with Crippen molar-refractivity contribution >= 4 is 12.1 Å². The first-order valence-corrected chi connectivity index (χ1v) is 4.60. The summed E-state index contributed by atoms with van der Waals surface area (Å²) < 4.78 is 4.35. The average Bonchev–Trinajstić information content (AvgIpc) is 2.13. The fourth-order valence-corrected chi connectivity index (χ4v) is 1.26. The summed E-state index contributed by atoms with van der Waals surface area (Å²) in [6, 6.07) is -0.873. The van der Waals surface area contributed by atoms with Gasteiger partial charge in [-0.25, -0.2) is 9.59 Å². The van der Waals surface area contributed by atoms with Gasteiger partial charge in [-0.1, -0.05) is 20.3 Å². The van der Waals surface area contributed by atoms with E-state index in [1.807, 2.05) is 6.92 Å². The van der Waals surface area contributed by atoms with Gasteiger partial charge in [-0.05, 0) is 12.3 Å². The van der Waals surface area contributed by atoms with Gasteiger partial charge in [-0.15, -0.1) is 0 Å². The van der Waals surface area contributed by atoms with E-state index in [9.17, 15) is 9.59 Å². The van der Waals surface area contributed by atoms with E-state index in [0.717, 1.165) is 12.8 Å². The van der Waals surface area contributed by atoms with Crippen LogP contribution < -0.4 is 5.32 Å². The molecule has 0 fully saturated rings. The molecule has 5 nitrogen and oxygen atoms in total. The van der Waals surface area contributed by atoms with Crippen molar-refractivity contribution < 1.29 is 19.4 Å². The quantitative estimate of drug-likeness (QED) is 0.704. The number of nitrogens with one attached hydrogen (secondary N) is 1. The van der Waals surface area contributed by atoms with Crippen LogP contribution in [0.5, 0.6) is 0 Å². The molecule has 0 radical (unpaired) electrons. The van der Waals surface area contributed by atoms with Crippen LogP contribution in [0.1, 0.15) is 26.7 Å². The molecule has 0 spiro atoms. The minimum absolute atomic E-state index is 0.100. The van der Waals surface area contributed by atoms with E-state index in [1.54, 1.807) is 6.92 Å². The molecule has 0 aliphatic carbocycles. The van der Waals surface area contributed by atoms with E-state index in [0.29, 0.717) is 0 Å². The van der Waals surface area contributed by atoms with Crippen LogP contribution in [-0.2, 0) is 9.53 Å². The zero-order valence-corrected chi connectivity index (χ0v) is 8.74. The van der Waals surface area contributed by atoms with Gasteiger partial charge in [0, 0.05) is 0 Å². The summed E-state index contributed by atoms with van der Waals surface area (Å²) in [4.78, 5) is 21.6. The lowest BCUT2D eigenvalue weighted by atomic mass is 9.97. The lowest BCUT2D eigenvalue weighted by Gasteiger charge is -2.19. The molecule has 2 atom stereocenters. The number of alkyl carbamates (subject to hydrolysis) is 1. The van der Waals surface area contributed by atoms with Crippen LogP contribution in [-0.4, -0.2) is 30.3 Å². The monoisotopic (exact) mass is 203 g/mol. The zero-order chi connectivity index (χ0) is 11.1. The van der Waals surface area contributed by atoms with E-state index >= 15 is 0 Å². The molecule has 0 saturated carbocycles. The number of carbonyl (C=O) groups excluding carboxylic acids is 1. The van der Waals surface area contributed by atoms with Gasteiger partial charge in [-0.2, -0.15) is 0 Å². The number of ether oxygens (including phenoxy) is 1. The minimum Gasteiger partial charge on any atom is -0.480 e. The summed E-state index contributed by atoms with van der Waals surface area (Å²) in [6.45, 7) is 3.76. The highest BCUT2D eigenvalue weighted by atomic mass is 16.5. The maximum atomic E-state index is 10.8. The van der Waals surface area contributed by atoms with Gasteiger partial charge < -0.3 is 15.2 Å². The number of carboxylic acids is 1. The number of carboxylic acid groups (broad SMARTS) is 1. The molecule has 5 heteroatoms. The third-order valence-corrected chi connectivity index (χ3v) is 2.04.